The van der Waals surface area contributed by atoms with Gasteiger partial charge in [-0.15, -0.1) is 0 Å². The van der Waals surface area contributed by atoms with Crippen LogP contribution in [0.1, 0.15) is 5.56 Å². The summed E-state index contributed by atoms with van der Waals surface area (Å²) in [6.07, 6.45) is 1.50. The summed E-state index contributed by atoms with van der Waals surface area (Å²) in [5, 5.41) is 15.7. The monoisotopic (exact) mass is 438 g/mol. The Morgan fingerprint density at radius 1 is 1.28 bits per heavy atom. The Balaban J connectivity index is 0.00000162. The number of benzene rings is 2. The molecule has 0 bridgehead atoms. The zero-order valence-electron chi connectivity index (χ0n) is 9.25. The molecule has 0 aliphatic carbocycles. The molecule has 6 heteroatoms. The molecule has 0 unspecified atom stereocenters. The summed E-state index contributed by atoms with van der Waals surface area (Å²) >= 11 is 4.63. The van der Waals surface area contributed by atoms with Crippen molar-refractivity contribution < 1.29 is 25.2 Å². The van der Waals surface area contributed by atoms with Crippen LogP contribution in [0.4, 0.5) is 0 Å². The maximum absolute atomic E-state index is 9.79. The molecule has 0 heterocycles. The third kappa shape index (κ3) is 3.26. The van der Waals surface area contributed by atoms with Gasteiger partial charge in [-0.3, -0.25) is 5.43 Å². The fourth-order valence-electron chi connectivity index (χ4n) is 1.58. The third-order valence-corrected chi connectivity index (χ3v) is 2.41. The molecule has 2 aromatic rings. The first-order valence-electron chi connectivity index (χ1n) is 4.97. The van der Waals surface area contributed by atoms with Gasteiger partial charge >= 0.3 is 0 Å². The number of hydrogen-bond acceptors (Lipinski definition) is 3. The number of nitrogens with two attached hydrogens (primary N) is 1. The van der Waals surface area contributed by atoms with E-state index in [-0.39, 0.29) is 31.0 Å². The molecule has 0 atom stereocenters. The number of phenols is 1. The van der Waals surface area contributed by atoms with Gasteiger partial charge in [-0.1, -0.05) is 30.3 Å². The summed E-state index contributed by atoms with van der Waals surface area (Å²) in [4.78, 5) is 0. The minimum atomic E-state index is 0. The normalized spacial score (nSPS) is 10.2. The van der Waals surface area contributed by atoms with E-state index < -0.39 is 0 Å². The van der Waals surface area contributed by atoms with Gasteiger partial charge in [-0.25, -0.2) is 0 Å². The van der Waals surface area contributed by atoms with Gasteiger partial charge in [0, 0.05) is 25.7 Å². The molecular weight excluding hydrogens is 426 g/mol. The number of aromatic hydroxyl groups is 1. The molecule has 2 aromatic carbocycles. The summed E-state index contributed by atoms with van der Waals surface area (Å²) in [7, 11) is 0. The predicted octanol–water partition coefficient (Wildman–Crippen LogP) is 1.71. The summed E-state index contributed by atoms with van der Waals surface area (Å²) in [6.45, 7) is 0. The van der Waals surface area contributed by atoms with E-state index in [0.717, 1.165) is 10.8 Å². The molecule has 1 radical (unpaired) electrons. The second kappa shape index (κ2) is 6.44. The van der Waals surface area contributed by atoms with Gasteiger partial charge in [0.2, 0.25) is 0 Å². The standard InChI is InChI=1S/C12H11N3OS.Ir/c13-12(17)15-14-7-10-9-4-2-1-3-8(9)5-6-11(10)16;/h1-7,16H,(H3,13,15,17);. The second-order valence-corrected chi connectivity index (χ2v) is 3.89. The molecule has 0 fully saturated rings. The van der Waals surface area contributed by atoms with Crippen LogP contribution in [-0.4, -0.2) is 16.4 Å². The number of hydrogen-bond donors (Lipinski definition) is 3. The molecule has 0 amide bonds. The van der Waals surface area contributed by atoms with Gasteiger partial charge in [-0.2, -0.15) is 5.10 Å². The second-order valence-electron chi connectivity index (χ2n) is 3.45. The first kappa shape index (κ1) is 14.6. The topological polar surface area (TPSA) is 70.6 Å². The maximum Gasteiger partial charge on any atom is 0.184 e. The van der Waals surface area contributed by atoms with E-state index in [1.807, 2.05) is 30.3 Å². The van der Waals surface area contributed by atoms with Crippen LogP contribution >= 0.6 is 12.2 Å². The van der Waals surface area contributed by atoms with Crippen molar-refractivity contribution in [3.63, 3.8) is 0 Å². The van der Waals surface area contributed by atoms with Crippen molar-refractivity contribution >= 4 is 34.3 Å². The van der Waals surface area contributed by atoms with Crippen molar-refractivity contribution in [1.82, 2.24) is 5.43 Å². The largest absolute Gasteiger partial charge is 0.507 e. The molecule has 0 saturated heterocycles. The molecule has 2 rings (SSSR count). The van der Waals surface area contributed by atoms with Crippen LogP contribution in [0.3, 0.4) is 0 Å². The number of nitrogens with one attached hydrogen (secondary N) is 1. The molecule has 4 N–H and O–H groups in total. The molecule has 0 aliphatic heterocycles. The fraction of sp³-hybridized carbons (Fsp3) is 0. The van der Waals surface area contributed by atoms with E-state index >= 15 is 0 Å². The van der Waals surface area contributed by atoms with E-state index in [4.69, 9.17) is 5.73 Å². The Hall–Kier alpha value is -1.49. The van der Waals surface area contributed by atoms with E-state index in [9.17, 15) is 5.11 Å². The summed E-state index contributed by atoms with van der Waals surface area (Å²) in [6, 6.07) is 11.2. The summed E-state index contributed by atoms with van der Waals surface area (Å²) in [5.74, 6) is 0.164. The van der Waals surface area contributed by atoms with Crippen molar-refractivity contribution in [2.75, 3.05) is 0 Å². The number of fused-ring (bicyclic) bond motifs is 1. The average molecular weight is 438 g/mol. The van der Waals surface area contributed by atoms with Gasteiger partial charge < -0.3 is 10.8 Å². The quantitative estimate of drug-likeness (QED) is 0.380. The maximum atomic E-state index is 9.79. The third-order valence-electron chi connectivity index (χ3n) is 2.32. The van der Waals surface area contributed by atoms with Crippen LogP contribution < -0.4 is 11.2 Å². The first-order valence-corrected chi connectivity index (χ1v) is 5.38. The van der Waals surface area contributed by atoms with Gasteiger partial charge in [0.05, 0.1) is 6.21 Å². The molecule has 0 spiro atoms. The molecule has 4 nitrogen and oxygen atoms in total. The number of hydrazone groups is 1. The molecule has 95 valence electrons. The van der Waals surface area contributed by atoms with Crippen molar-refractivity contribution in [1.29, 1.82) is 0 Å². The van der Waals surface area contributed by atoms with Crippen LogP contribution in [0.2, 0.25) is 0 Å². The minimum Gasteiger partial charge on any atom is -0.507 e. The van der Waals surface area contributed by atoms with E-state index in [0.29, 0.717) is 5.56 Å². The Bertz CT molecular complexity index is 601. The number of thiocarbonyl (C=S) groups is 1. The average Bonchev–Trinajstić information content (AvgIpc) is 2.32. The van der Waals surface area contributed by atoms with Crippen molar-refractivity contribution in [2.24, 2.45) is 10.8 Å². The molecule has 0 aromatic heterocycles. The zero-order valence-corrected chi connectivity index (χ0v) is 12.5. The number of phenolic OH excluding ortho intramolecular Hbond substituents is 1. The molecule has 18 heavy (non-hydrogen) atoms. The Kier molecular flexibility index (Phi) is 5.22. The summed E-state index contributed by atoms with van der Waals surface area (Å²) in [5.41, 5.74) is 8.34. The predicted molar refractivity (Wildman–Crippen MR) is 73.1 cm³/mol. The van der Waals surface area contributed by atoms with Gasteiger partial charge in [0.15, 0.2) is 5.11 Å². The van der Waals surface area contributed by atoms with Gasteiger partial charge in [0.1, 0.15) is 5.75 Å². The zero-order chi connectivity index (χ0) is 12.3. The fourth-order valence-corrected chi connectivity index (χ4v) is 1.63. The molecule has 0 aliphatic rings. The number of nitrogens with zero attached hydrogens (tertiary/aromatic N) is 1. The number of rotatable bonds is 2. The van der Waals surface area contributed by atoms with Crippen LogP contribution in [0.5, 0.6) is 5.75 Å². The minimum absolute atomic E-state index is 0. The van der Waals surface area contributed by atoms with Crippen molar-refractivity contribution in [3.05, 3.63) is 42.0 Å². The van der Waals surface area contributed by atoms with E-state index in [2.05, 4.69) is 22.7 Å². The van der Waals surface area contributed by atoms with Gasteiger partial charge in [-0.05, 0) is 29.1 Å². The van der Waals surface area contributed by atoms with Crippen LogP contribution in [0.25, 0.3) is 10.8 Å². The molecular formula is C12H11IrN3OS. The smallest absolute Gasteiger partial charge is 0.184 e. The Morgan fingerprint density at radius 2 is 2.00 bits per heavy atom. The first-order chi connectivity index (χ1) is 8.18. The van der Waals surface area contributed by atoms with Crippen LogP contribution in [0.15, 0.2) is 41.5 Å². The van der Waals surface area contributed by atoms with Gasteiger partial charge in [0.25, 0.3) is 0 Å². The Morgan fingerprint density at radius 3 is 2.72 bits per heavy atom. The van der Waals surface area contributed by atoms with Crippen molar-refractivity contribution in [3.8, 4) is 5.75 Å². The molecule has 0 saturated carbocycles. The van der Waals surface area contributed by atoms with Crippen LogP contribution in [-0.2, 0) is 20.1 Å². The van der Waals surface area contributed by atoms with E-state index in [1.54, 1.807) is 6.07 Å². The SMILES string of the molecule is NC(=S)NN=Cc1c(O)ccc2ccccc12.[Ir]. The summed E-state index contributed by atoms with van der Waals surface area (Å²) < 4.78 is 0. The van der Waals surface area contributed by atoms with E-state index in [1.165, 1.54) is 6.21 Å². The van der Waals surface area contributed by atoms with Crippen molar-refractivity contribution in [2.45, 2.75) is 0 Å². The van der Waals surface area contributed by atoms with Crippen LogP contribution in [0, 0.1) is 0 Å². The Labute approximate surface area is 123 Å².